The van der Waals surface area contributed by atoms with Gasteiger partial charge >= 0.3 is 0 Å². The van der Waals surface area contributed by atoms with Crippen LogP contribution >= 0.6 is 0 Å². The summed E-state index contributed by atoms with van der Waals surface area (Å²) < 4.78 is 63.6. The zero-order valence-electron chi connectivity index (χ0n) is 11.8. The summed E-state index contributed by atoms with van der Waals surface area (Å²) in [5.74, 6) is -5.20. The average molecular weight is 336 g/mol. The Bertz CT molecular complexity index is 690. The molecule has 0 spiro atoms. The van der Waals surface area contributed by atoms with Crippen molar-refractivity contribution in [2.45, 2.75) is 25.3 Å². The number of amides is 1. The molecule has 0 heterocycles. The smallest absolute Gasteiger partial charge is 0.225 e. The number of carbonyl (C=O) groups excluding carboxylic acids is 1. The predicted octanol–water partition coefficient (Wildman–Crippen LogP) is 1.86. The van der Waals surface area contributed by atoms with Gasteiger partial charge in [-0.15, -0.1) is 0 Å². The Morgan fingerprint density at radius 3 is 2.45 bits per heavy atom. The van der Waals surface area contributed by atoms with Gasteiger partial charge < -0.3 is 5.32 Å². The molecule has 0 aromatic heterocycles. The maximum Gasteiger partial charge on any atom is 0.225 e. The number of sulfonamides is 1. The van der Waals surface area contributed by atoms with E-state index in [1.165, 1.54) is 4.31 Å². The van der Waals surface area contributed by atoms with Gasteiger partial charge in [0.05, 0.1) is 11.9 Å². The molecule has 2 rings (SSSR count). The molecule has 5 nitrogen and oxygen atoms in total. The molecule has 1 aromatic carbocycles. The molecule has 0 unspecified atom stereocenters. The maximum atomic E-state index is 13.4. The van der Waals surface area contributed by atoms with E-state index in [0.29, 0.717) is 6.07 Å². The van der Waals surface area contributed by atoms with Crippen molar-refractivity contribution in [3.8, 4) is 0 Å². The van der Waals surface area contributed by atoms with Crippen molar-refractivity contribution in [2.24, 2.45) is 0 Å². The molecule has 122 valence electrons. The predicted molar refractivity (Wildman–Crippen MR) is 74.1 cm³/mol. The molecule has 1 amide bonds. The van der Waals surface area contributed by atoms with E-state index in [1.807, 2.05) is 0 Å². The SMILES string of the molecule is CS(=O)(=O)N(CCC(=O)Nc1ccc(F)c(F)c1F)C1CC1. The van der Waals surface area contributed by atoms with Crippen molar-refractivity contribution in [2.75, 3.05) is 18.1 Å². The number of benzene rings is 1. The van der Waals surface area contributed by atoms with E-state index in [9.17, 15) is 26.4 Å². The van der Waals surface area contributed by atoms with Gasteiger partial charge in [0.1, 0.15) is 0 Å². The lowest BCUT2D eigenvalue weighted by molar-refractivity contribution is -0.116. The topological polar surface area (TPSA) is 66.5 Å². The third-order valence-electron chi connectivity index (χ3n) is 3.25. The minimum atomic E-state index is -3.42. The van der Waals surface area contributed by atoms with Gasteiger partial charge in [0.15, 0.2) is 17.5 Å². The summed E-state index contributed by atoms with van der Waals surface area (Å²) in [4.78, 5) is 11.7. The molecule has 1 fully saturated rings. The Morgan fingerprint density at radius 2 is 1.91 bits per heavy atom. The van der Waals surface area contributed by atoms with Crippen LogP contribution in [0.2, 0.25) is 0 Å². The molecule has 1 N–H and O–H groups in total. The minimum absolute atomic E-state index is 0.0410. The highest BCUT2D eigenvalue weighted by Gasteiger charge is 2.34. The van der Waals surface area contributed by atoms with Crippen LogP contribution in [-0.4, -0.2) is 37.5 Å². The first kappa shape index (κ1) is 16.8. The highest BCUT2D eigenvalue weighted by atomic mass is 32.2. The van der Waals surface area contributed by atoms with Gasteiger partial charge in [0, 0.05) is 19.0 Å². The van der Waals surface area contributed by atoms with Crippen LogP contribution in [-0.2, 0) is 14.8 Å². The largest absolute Gasteiger partial charge is 0.323 e. The second-order valence-electron chi connectivity index (χ2n) is 5.13. The van der Waals surface area contributed by atoms with Crippen LogP contribution in [0.3, 0.4) is 0 Å². The average Bonchev–Trinajstić information content (AvgIpc) is 3.23. The summed E-state index contributed by atoms with van der Waals surface area (Å²) in [6.07, 6.45) is 2.33. The molecule has 1 aromatic rings. The van der Waals surface area contributed by atoms with Crippen molar-refractivity contribution >= 4 is 21.6 Å². The van der Waals surface area contributed by atoms with E-state index in [0.717, 1.165) is 25.2 Å². The number of rotatable bonds is 6. The third-order valence-corrected chi connectivity index (χ3v) is 4.58. The molecule has 9 heteroatoms. The molecule has 0 radical (unpaired) electrons. The van der Waals surface area contributed by atoms with Crippen LogP contribution in [0.15, 0.2) is 12.1 Å². The van der Waals surface area contributed by atoms with Crippen LogP contribution in [0.4, 0.5) is 18.9 Å². The van der Waals surface area contributed by atoms with E-state index in [-0.39, 0.29) is 19.0 Å². The number of hydrogen-bond donors (Lipinski definition) is 1. The summed E-state index contributed by atoms with van der Waals surface area (Å²) in [5.41, 5.74) is -0.485. The van der Waals surface area contributed by atoms with Crippen LogP contribution < -0.4 is 5.32 Å². The quantitative estimate of drug-likeness (QED) is 0.807. The van der Waals surface area contributed by atoms with Crippen molar-refractivity contribution in [1.29, 1.82) is 0 Å². The molecule has 0 bridgehead atoms. The monoisotopic (exact) mass is 336 g/mol. The van der Waals surface area contributed by atoms with Crippen molar-refractivity contribution in [3.63, 3.8) is 0 Å². The molecule has 1 saturated carbocycles. The second-order valence-corrected chi connectivity index (χ2v) is 7.06. The first-order valence-corrected chi connectivity index (χ1v) is 8.45. The summed E-state index contributed by atoms with van der Waals surface area (Å²) >= 11 is 0. The second kappa shape index (κ2) is 6.25. The summed E-state index contributed by atoms with van der Waals surface area (Å²) in [6.45, 7) is -0.0410. The zero-order chi connectivity index (χ0) is 16.5. The lowest BCUT2D eigenvalue weighted by Crippen LogP contribution is -2.34. The van der Waals surface area contributed by atoms with Crippen LogP contribution in [0.5, 0.6) is 0 Å². The Kier molecular flexibility index (Phi) is 4.76. The van der Waals surface area contributed by atoms with E-state index in [4.69, 9.17) is 0 Å². The number of nitrogens with one attached hydrogen (secondary N) is 1. The standard InChI is InChI=1S/C13H15F3N2O3S/c1-22(20,21)18(8-2-3-8)7-6-11(19)17-10-5-4-9(14)12(15)13(10)16/h4-5,8H,2-3,6-7H2,1H3,(H,17,19). The fourth-order valence-corrected chi connectivity index (χ4v) is 3.20. The highest BCUT2D eigenvalue weighted by molar-refractivity contribution is 7.88. The van der Waals surface area contributed by atoms with Crippen LogP contribution in [0.1, 0.15) is 19.3 Å². The molecule has 1 aliphatic rings. The van der Waals surface area contributed by atoms with Crippen molar-refractivity contribution in [3.05, 3.63) is 29.6 Å². The Hall–Kier alpha value is -1.61. The molecular weight excluding hydrogens is 321 g/mol. The lowest BCUT2D eigenvalue weighted by atomic mass is 10.2. The molecule has 22 heavy (non-hydrogen) atoms. The van der Waals surface area contributed by atoms with Crippen molar-refractivity contribution in [1.82, 2.24) is 4.31 Å². The van der Waals surface area contributed by atoms with Crippen molar-refractivity contribution < 1.29 is 26.4 Å². The number of halogens is 3. The fraction of sp³-hybridized carbons (Fsp3) is 0.462. The molecule has 0 saturated heterocycles. The minimum Gasteiger partial charge on any atom is -0.323 e. The maximum absolute atomic E-state index is 13.4. The Balaban J connectivity index is 1.97. The summed E-state index contributed by atoms with van der Waals surface area (Å²) in [5, 5.41) is 2.10. The van der Waals surface area contributed by atoms with Crippen LogP contribution in [0, 0.1) is 17.5 Å². The first-order valence-electron chi connectivity index (χ1n) is 6.60. The van der Waals surface area contributed by atoms with E-state index in [2.05, 4.69) is 5.32 Å². The number of carbonyl (C=O) groups is 1. The summed E-state index contributed by atoms with van der Waals surface area (Å²) in [6, 6.07) is 1.50. The van der Waals surface area contributed by atoms with E-state index < -0.39 is 39.1 Å². The van der Waals surface area contributed by atoms with Gasteiger partial charge in [-0.2, -0.15) is 4.31 Å². The number of hydrogen-bond acceptors (Lipinski definition) is 3. The zero-order valence-corrected chi connectivity index (χ0v) is 12.6. The van der Waals surface area contributed by atoms with Gasteiger partial charge in [-0.05, 0) is 25.0 Å². The van der Waals surface area contributed by atoms with Gasteiger partial charge in [0.2, 0.25) is 15.9 Å². The Morgan fingerprint density at radius 1 is 1.27 bits per heavy atom. The number of anilines is 1. The van der Waals surface area contributed by atoms with Gasteiger partial charge in [0.25, 0.3) is 0 Å². The Labute approximate surface area is 126 Å². The van der Waals surface area contributed by atoms with E-state index in [1.54, 1.807) is 0 Å². The molecule has 0 aliphatic heterocycles. The van der Waals surface area contributed by atoms with Crippen LogP contribution in [0.25, 0.3) is 0 Å². The molecule has 0 atom stereocenters. The number of nitrogens with zero attached hydrogens (tertiary/aromatic N) is 1. The highest BCUT2D eigenvalue weighted by Crippen LogP contribution is 2.29. The lowest BCUT2D eigenvalue weighted by Gasteiger charge is -2.19. The first-order chi connectivity index (χ1) is 10.2. The van der Waals surface area contributed by atoms with Gasteiger partial charge in [-0.1, -0.05) is 0 Å². The van der Waals surface area contributed by atoms with E-state index >= 15 is 0 Å². The summed E-state index contributed by atoms with van der Waals surface area (Å²) in [7, 11) is -3.42. The normalized spacial score (nSPS) is 15.1. The molecular formula is C13H15F3N2O3S. The molecule has 1 aliphatic carbocycles. The fourth-order valence-electron chi connectivity index (χ4n) is 2.03. The van der Waals surface area contributed by atoms with Gasteiger partial charge in [-0.25, -0.2) is 21.6 Å². The third kappa shape index (κ3) is 3.98. The van der Waals surface area contributed by atoms with Gasteiger partial charge in [-0.3, -0.25) is 4.79 Å².